The van der Waals surface area contributed by atoms with Gasteiger partial charge >= 0.3 is 11.9 Å². The van der Waals surface area contributed by atoms with Crippen molar-refractivity contribution in [2.75, 3.05) is 52.9 Å². The van der Waals surface area contributed by atoms with Gasteiger partial charge in [0, 0.05) is 15.4 Å². The van der Waals surface area contributed by atoms with E-state index < -0.39 is 28.3 Å². The van der Waals surface area contributed by atoms with Crippen molar-refractivity contribution in [2.24, 2.45) is 5.92 Å². The van der Waals surface area contributed by atoms with Crippen LogP contribution < -0.4 is 0 Å². The summed E-state index contributed by atoms with van der Waals surface area (Å²) in [6.45, 7) is 3.31. The van der Waals surface area contributed by atoms with Gasteiger partial charge in [0.15, 0.2) is 5.78 Å². The molecule has 214 valence electrons. The van der Waals surface area contributed by atoms with Gasteiger partial charge in [0.05, 0.1) is 56.7 Å². The van der Waals surface area contributed by atoms with Crippen LogP contribution in [0.5, 0.6) is 0 Å². The Kier molecular flexibility index (Phi) is 8.54. The molecule has 4 aliphatic rings. The van der Waals surface area contributed by atoms with Gasteiger partial charge in [-0.2, -0.15) is 0 Å². The summed E-state index contributed by atoms with van der Waals surface area (Å²) in [5.74, 6) is -1.41. The summed E-state index contributed by atoms with van der Waals surface area (Å²) in [5, 5.41) is 0. The summed E-state index contributed by atoms with van der Waals surface area (Å²) in [5.41, 5.74) is 1.25. The van der Waals surface area contributed by atoms with Crippen molar-refractivity contribution in [2.45, 2.75) is 22.0 Å². The average molecular weight is 579 g/mol. The SMILES string of the molecule is O=C(OCCOCC1CO1)c1ccc(S2=C3C=CC=CC3C(=O)c3cc(C(=O)OCCOCC4CO4)ccc32)cc1. The van der Waals surface area contributed by atoms with E-state index in [0.717, 1.165) is 21.3 Å². The van der Waals surface area contributed by atoms with Crippen LogP contribution in [-0.4, -0.2) is 87.6 Å². The first-order valence-electron chi connectivity index (χ1n) is 13.6. The van der Waals surface area contributed by atoms with Crippen LogP contribution in [0.3, 0.4) is 0 Å². The Balaban J connectivity index is 1.17. The molecular weight excluding hydrogens is 548 g/mol. The maximum Gasteiger partial charge on any atom is 0.338 e. The first kappa shape index (κ1) is 27.7. The average Bonchev–Trinajstić information content (AvgIpc) is 3.93. The molecule has 0 aromatic heterocycles. The highest BCUT2D eigenvalue weighted by atomic mass is 32.2. The summed E-state index contributed by atoms with van der Waals surface area (Å²) in [6, 6.07) is 12.4. The third kappa shape index (κ3) is 6.74. The molecule has 0 spiro atoms. The molecule has 4 atom stereocenters. The first-order chi connectivity index (χ1) is 20.1. The molecular formula is C31H30O9S. The van der Waals surface area contributed by atoms with E-state index in [0.29, 0.717) is 43.1 Å². The molecule has 3 heterocycles. The van der Waals surface area contributed by atoms with Crippen molar-refractivity contribution >= 4 is 33.1 Å². The number of ketones is 1. The lowest BCUT2D eigenvalue weighted by atomic mass is 9.90. The number of esters is 2. The van der Waals surface area contributed by atoms with E-state index >= 15 is 0 Å². The van der Waals surface area contributed by atoms with Crippen molar-refractivity contribution in [3.63, 3.8) is 0 Å². The predicted octanol–water partition coefficient (Wildman–Crippen LogP) is 3.63. The topological polar surface area (TPSA) is 113 Å². The molecule has 4 unspecified atom stereocenters. The number of hydrogen-bond acceptors (Lipinski definition) is 9. The van der Waals surface area contributed by atoms with Crippen LogP contribution in [0.15, 0.2) is 76.6 Å². The minimum absolute atomic E-state index is 0.0579. The molecule has 1 aliphatic carbocycles. The van der Waals surface area contributed by atoms with Crippen LogP contribution in [-0.2, 0) is 28.4 Å². The summed E-state index contributed by atoms with van der Waals surface area (Å²) < 4.78 is 31.7. The van der Waals surface area contributed by atoms with Crippen molar-refractivity contribution in [3.8, 4) is 0 Å². The Morgan fingerprint density at radius 2 is 1.41 bits per heavy atom. The monoisotopic (exact) mass is 578 g/mol. The van der Waals surface area contributed by atoms with Crippen LogP contribution >= 0.6 is 10.5 Å². The Labute approximate surface area is 239 Å². The van der Waals surface area contributed by atoms with E-state index in [-0.39, 0.29) is 37.8 Å². The fourth-order valence-electron chi connectivity index (χ4n) is 4.56. The zero-order valence-corrected chi connectivity index (χ0v) is 23.1. The van der Waals surface area contributed by atoms with E-state index in [4.69, 9.17) is 28.4 Å². The van der Waals surface area contributed by atoms with E-state index in [2.05, 4.69) is 0 Å². The molecule has 2 fully saturated rings. The molecule has 41 heavy (non-hydrogen) atoms. The second kappa shape index (κ2) is 12.6. The maximum atomic E-state index is 13.5. The Bertz CT molecular complexity index is 1420. The second-order valence-corrected chi connectivity index (χ2v) is 11.9. The van der Waals surface area contributed by atoms with Gasteiger partial charge in [-0.1, -0.05) is 24.3 Å². The second-order valence-electron chi connectivity index (χ2n) is 9.86. The molecule has 0 saturated carbocycles. The van der Waals surface area contributed by atoms with E-state index in [9.17, 15) is 14.4 Å². The number of benzene rings is 2. The van der Waals surface area contributed by atoms with Crippen LogP contribution in [0.1, 0.15) is 31.1 Å². The quantitative estimate of drug-likeness (QED) is 0.152. The smallest absolute Gasteiger partial charge is 0.338 e. The van der Waals surface area contributed by atoms with Crippen molar-refractivity contribution in [1.82, 2.24) is 0 Å². The van der Waals surface area contributed by atoms with Gasteiger partial charge < -0.3 is 28.4 Å². The Hall–Kier alpha value is -3.41. The number of fused-ring (bicyclic) bond motifs is 2. The van der Waals surface area contributed by atoms with E-state index in [1.54, 1.807) is 24.3 Å². The molecule has 9 nitrogen and oxygen atoms in total. The van der Waals surface area contributed by atoms with Gasteiger partial charge in [0.1, 0.15) is 25.4 Å². The summed E-state index contributed by atoms with van der Waals surface area (Å²) in [7, 11) is -0.587. The molecule has 2 aromatic carbocycles. The van der Waals surface area contributed by atoms with Crippen LogP contribution in [0, 0.1) is 5.92 Å². The molecule has 0 radical (unpaired) electrons. The minimum Gasteiger partial charge on any atom is -0.460 e. The largest absolute Gasteiger partial charge is 0.460 e. The minimum atomic E-state index is -0.587. The Morgan fingerprint density at radius 1 is 0.805 bits per heavy atom. The van der Waals surface area contributed by atoms with Gasteiger partial charge in [-0.25, -0.2) is 9.59 Å². The van der Waals surface area contributed by atoms with E-state index in [1.807, 2.05) is 42.5 Å². The summed E-state index contributed by atoms with van der Waals surface area (Å²) in [6.07, 6.45) is 7.98. The number of ether oxygens (including phenoxy) is 6. The van der Waals surface area contributed by atoms with Gasteiger partial charge in [-0.15, -0.1) is 10.5 Å². The predicted molar refractivity (Wildman–Crippen MR) is 150 cm³/mol. The van der Waals surface area contributed by atoms with Crippen molar-refractivity contribution < 1.29 is 42.8 Å². The lowest BCUT2D eigenvalue weighted by Gasteiger charge is -2.29. The lowest BCUT2D eigenvalue weighted by molar-refractivity contribution is 0.0290. The van der Waals surface area contributed by atoms with Crippen LogP contribution in [0.25, 0.3) is 0 Å². The normalized spacial score (nSPS) is 23.5. The standard InChI is InChI=1S/C31H30O9S/c32-29-25-3-1-2-4-27(25)41(24-8-5-20(6-9-24)30(33)37-13-11-35-16-22-18-39-22)28-10-7-21(15-26(28)29)31(34)38-14-12-36-17-23-19-40-23/h1-10,15,22-23,25H,11-14,16-19H2. The first-order valence-corrected chi connectivity index (χ1v) is 14.8. The molecule has 2 aromatic rings. The lowest BCUT2D eigenvalue weighted by Crippen LogP contribution is -2.27. The number of epoxide rings is 2. The zero-order chi connectivity index (χ0) is 28.2. The zero-order valence-electron chi connectivity index (χ0n) is 22.3. The highest BCUT2D eigenvalue weighted by Gasteiger charge is 2.33. The number of carbonyl (C=O) groups excluding carboxylic acids is 3. The van der Waals surface area contributed by atoms with Crippen LogP contribution in [0.2, 0.25) is 0 Å². The van der Waals surface area contributed by atoms with Gasteiger partial charge in [-0.05, 0) is 47.3 Å². The maximum absolute atomic E-state index is 13.5. The van der Waals surface area contributed by atoms with Crippen molar-refractivity contribution in [3.05, 3.63) is 83.5 Å². The number of rotatable bonds is 13. The van der Waals surface area contributed by atoms with Gasteiger partial charge in [-0.3, -0.25) is 4.79 Å². The van der Waals surface area contributed by atoms with Crippen molar-refractivity contribution in [1.29, 1.82) is 0 Å². The molecule has 6 rings (SSSR count). The molecule has 3 aliphatic heterocycles. The van der Waals surface area contributed by atoms with E-state index in [1.165, 1.54) is 0 Å². The third-order valence-electron chi connectivity index (χ3n) is 6.86. The fourth-order valence-corrected chi connectivity index (χ4v) is 6.99. The number of Topliss-reactive ketones (excluding diaryl/α,β-unsaturated/α-hetero) is 1. The van der Waals surface area contributed by atoms with Gasteiger partial charge in [0.2, 0.25) is 0 Å². The van der Waals surface area contributed by atoms with Crippen LogP contribution in [0.4, 0.5) is 0 Å². The Morgan fingerprint density at radius 3 is 2.05 bits per heavy atom. The summed E-state index contributed by atoms with van der Waals surface area (Å²) >= 11 is 0. The molecule has 0 bridgehead atoms. The number of carbonyl (C=O) groups is 3. The molecule has 0 amide bonds. The molecule has 0 N–H and O–H groups in total. The third-order valence-corrected chi connectivity index (χ3v) is 9.26. The highest BCUT2D eigenvalue weighted by molar-refractivity contribution is 8.16. The summed E-state index contributed by atoms with van der Waals surface area (Å²) in [4.78, 5) is 41.6. The highest BCUT2D eigenvalue weighted by Crippen LogP contribution is 2.46. The van der Waals surface area contributed by atoms with Gasteiger partial charge in [0.25, 0.3) is 0 Å². The molecule has 2 saturated heterocycles. The fraction of sp³-hybridized carbons (Fsp3) is 0.355. The number of hydrogen-bond donors (Lipinski definition) is 0. The number of allylic oxidation sites excluding steroid dienone is 4. The molecule has 10 heteroatoms.